The van der Waals surface area contributed by atoms with Gasteiger partial charge in [-0.1, -0.05) is 60.7 Å². The molecule has 0 aliphatic heterocycles. The number of benzene rings is 3. The van der Waals surface area contributed by atoms with Gasteiger partial charge in [0.25, 0.3) is 11.8 Å². The van der Waals surface area contributed by atoms with Crippen LogP contribution in [0.5, 0.6) is 0 Å². The van der Waals surface area contributed by atoms with Gasteiger partial charge >= 0.3 is 0 Å². The van der Waals surface area contributed by atoms with Gasteiger partial charge in [0.15, 0.2) is 0 Å². The third-order valence-corrected chi connectivity index (χ3v) is 4.90. The van der Waals surface area contributed by atoms with Crippen molar-refractivity contribution in [3.8, 4) is 0 Å². The van der Waals surface area contributed by atoms with Crippen molar-refractivity contribution in [3.05, 3.63) is 101 Å². The maximum atomic E-state index is 14.2. The number of para-hydroxylation sites is 1. The Labute approximate surface area is 170 Å². The largest absolute Gasteiger partial charge is 0.325 e. The Hall–Kier alpha value is -3.47. The van der Waals surface area contributed by atoms with Crippen molar-refractivity contribution in [1.29, 1.82) is 0 Å². The molecule has 0 spiro atoms. The molecule has 0 bridgehead atoms. The van der Waals surface area contributed by atoms with Crippen LogP contribution in [0.3, 0.4) is 0 Å². The molecule has 29 heavy (non-hydrogen) atoms. The molecule has 0 aromatic heterocycles. The summed E-state index contributed by atoms with van der Waals surface area (Å²) >= 11 is 0. The second-order valence-electron chi connectivity index (χ2n) is 6.97. The Morgan fingerprint density at radius 1 is 0.862 bits per heavy atom. The first-order chi connectivity index (χ1) is 13.9. The van der Waals surface area contributed by atoms with Crippen LogP contribution in [0.1, 0.15) is 33.1 Å². The molecule has 0 unspecified atom stereocenters. The number of anilines is 1. The van der Waals surface area contributed by atoms with Gasteiger partial charge < -0.3 is 10.2 Å². The fourth-order valence-electron chi connectivity index (χ4n) is 3.33. The van der Waals surface area contributed by atoms with Crippen LogP contribution in [-0.4, -0.2) is 23.8 Å². The summed E-state index contributed by atoms with van der Waals surface area (Å²) in [4.78, 5) is 27.5. The Balaban J connectivity index is 1.98. The van der Waals surface area contributed by atoms with Gasteiger partial charge in [0.05, 0.1) is 5.56 Å². The number of likely N-dealkylation sites (N-methyl/N-ethyl adjacent to an activating group) is 1. The first kappa shape index (κ1) is 20.3. The van der Waals surface area contributed by atoms with Crippen molar-refractivity contribution in [2.45, 2.75) is 19.9 Å². The summed E-state index contributed by atoms with van der Waals surface area (Å²) in [5, 5.41) is 2.95. The second kappa shape index (κ2) is 8.69. The summed E-state index contributed by atoms with van der Waals surface area (Å²) < 4.78 is 14.2. The van der Waals surface area contributed by atoms with Crippen molar-refractivity contribution in [2.75, 3.05) is 12.4 Å². The highest BCUT2D eigenvalue weighted by Crippen LogP contribution is 2.26. The van der Waals surface area contributed by atoms with Gasteiger partial charge in [0, 0.05) is 12.7 Å². The fraction of sp³-hybridized carbons (Fsp3) is 0.167. The molecular formula is C24H23FN2O2. The number of carbonyl (C=O) groups excluding carboxylic acids is 2. The Bertz CT molecular complexity index is 1010. The molecule has 0 heterocycles. The summed E-state index contributed by atoms with van der Waals surface area (Å²) in [7, 11) is 1.51. The van der Waals surface area contributed by atoms with Gasteiger partial charge in [-0.05, 0) is 42.7 Å². The number of nitrogens with one attached hydrogen (secondary N) is 1. The van der Waals surface area contributed by atoms with Crippen molar-refractivity contribution < 1.29 is 14.0 Å². The van der Waals surface area contributed by atoms with Crippen LogP contribution in [0.15, 0.2) is 72.8 Å². The molecule has 3 aromatic carbocycles. The standard InChI is InChI=1S/C24H23FN2O2/c1-16-10-9-11-17(2)21(16)26-23(28)22(18-12-5-4-6-13-18)27(3)24(29)19-14-7-8-15-20(19)25/h4-15,22H,1-3H3,(H,26,28)/t22-/m1/s1. The third-order valence-electron chi connectivity index (χ3n) is 4.90. The van der Waals surface area contributed by atoms with Crippen LogP contribution in [0.25, 0.3) is 0 Å². The molecule has 0 radical (unpaired) electrons. The number of hydrogen-bond acceptors (Lipinski definition) is 2. The monoisotopic (exact) mass is 390 g/mol. The van der Waals surface area contributed by atoms with E-state index >= 15 is 0 Å². The molecule has 1 N–H and O–H groups in total. The van der Waals surface area contributed by atoms with E-state index in [1.54, 1.807) is 30.3 Å². The molecule has 2 amide bonds. The highest BCUT2D eigenvalue weighted by Gasteiger charge is 2.30. The molecular weight excluding hydrogens is 367 g/mol. The van der Waals surface area contributed by atoms with Gasteiger partial charge in [0.2, 0.25) is 0 Å². The number of rotatable bonds is 5. The molecule has 0 aliphatic carbocycles. The third kappa shape index (κ3) is 4.35. The normalized spacial score (nSPS) is 11.6. The number of carbonyl (C=O) groups is 2. The van der Waals surface area contributed by atoms with E-state index in [2.05, 4.69) is 5.32 Å². The van der Waals surface area contributed by atoms with Crippen LogP contribution >= 0.6 is 0 Å². The molecule has 0 aliphatic rings. The molecule has 4 nitrogen and oxygen atoms in total. The first-order valence-corrected chi connectivity index (χ1v) is 9.34. The summed E-state index contributed by atoms with van der Waals surface area (Å²) in [6.45, 7) is 3.82. The van der Waals surface area contributed by atoms with Crippen LogP contribution < -0.4 is 5.32 Å². The van der Waals surface area contributed by atoms with Gasteiger partial charge in [-0.25, -0.2) is 4.39 Å². The van der Waals surface area contributed by atoms with E-state index in [9.17, 15) is 14.0 Å². The molecule has 0 saturated carbocycles. The van der Waals surface area contributed by atoms with Gasteiger partial charge in [-0.15, -0.1) is 0 Å². The minimum absolute atomic E-state index is 0.0733. The van der Waals surface area contributed by atoms with Crippen molar-refractivity contribution in [3.63, 3.8) is 0 Å². The quantitative estimate of drug-likeness (QED) is 0.674. The van der Waals surface area contributed by atoms with Crippen LogP contribution in [0, 0.1) is 19.7 Å². The fourth-order valence-corrected chi connectivity index (χ4v) is 3.33. The summed E-state index contributed by atoms with van der Waals surface area (Å²) in [5.41, 5.74) is 3.13. The van der Waals surface area contributed by atoms with Gasteiger partial charge in [-0.2, -0.15) is 0 Å². The molecule has 3 rings (SSSR count). The Morgan fingerprint density at radius 2 is 1.45 bits per heavy atom. The van der Waals surface area contributed by atoms with Crippen molar-refractivity contribution in [1.82, 2.24) is 4.90 Å². The molecule has 1 atom stereocenters. The lowest BCUT2D eigenvalue weighted by molar-refractivity contribution is -0.120. The molecule has 148 valence electrons. The zero-order chi connectivity index (χ0) is 21.0. The molecule has 5 heteroatoms. The smallest absolute Gasteiger partial charge is 0.257 e. The highest BCUT2D eigenvalue weighted by atomic mass is 19.1. The maximum Gasteiger partial charge on any atom is 0.257 e. The predicted octanol–water partition coefficient (Wildman–Crippen LogP) is 4.89. The number of aryl methyl sites for hydroxylation is 2. The number of halogens is 1. The number of amides is 2. The van der Waals surface area contributed by atoms with Gasteiger partial charge in [0.1, 0.15) is 11.9 Å². The van der Waals surface area contributed by atoms with Crippen LogP contribution in [0.2, 0.25) is 0 Å². The lowest BCUT2D eigenvalue weighted by atomic mass is 10.0. The van der Waals surface area contributed by atoms with Crippen LogP contribution in [-0.2, 0) is 4.79 Å². The van der Waals surface area contributed by atoms with Gasteiger partial charge in [-0.3, -0.25) is 9.59 Å². The van der Waals surface area contributed by atoms with E-state index in [-0.39, 0.29) is 11.5 Å². The lowest BCUT2D eigenvalue weighted by Crippen LogP contribution is -2.39. The van der Waals surface area contributed by atoms with Crippen molar-refractivity contribution in [2.24, 2.45) is 0 Å². The second-order valence-corrected chi connectivity index (χ2v) is 6.97. The Kier molecular flexibility index (Phi) is 6.07. The van der Waals surface area contributed by atoms with E-state index in [4.69, 9.17) is 0 Å². The lowest BCUT2D eigenvalue weighted by Gasteiger charge is -2.28. The van der Waals surface area contributed by atoms with Crippen LogP contribution in [0.4, 0.5) is 10.1 Å². The van der Waals surface area contributed by atoms with E-state index in [0.717, 1.165) is 11.1 Å². The van der Waals surface area contributed by atoms with E-state index in [0.29, 0.717) is 11.3 Å². The first-order valence-electron chi connectivity index (χ1n) is 9.34. The SMILES string of the molecule is Cc1cccc(C)c1NC(=O)[C@@H](c1ccccc1)N(C)C(=O)c1ccccc1F. The zero-order valence-corrected chi connectivity index (χ0v) is 16.6. The number of hydrogen-bond donors (Lipinski definition) is 1. The minimum atomic E-state index is -0.915. The highest BCUT2D eigenvalue weighted by molar-refractivity contribution is 6.02. The zero-order valence-electron chi connectivity index (χ0n) is 16.6. The Morgan fingerprint density at radius 3 is 2.07 bits per heavy atom. The summed E-state index contributed by atoms with van der Waals surface area (Å²) in [6, 6.07) is 19.6. The average Bonchev–Trinajstić information content (AvgIpc) is 2.71. The summed E-state index contributed by atoms with van der Waals surface area (Å²) in [6.07, 6.45) is 0. The number of nitrogens with zero attached hydrogens (tertiary/aromatic N) is 1. The maximum absolute atomic E-state index is 14.2. The molecule has 0 fully saturated rings. The molecule has 0 saturated heterocycles. The topological polar surface area (TPSA) is 49.4 Å². The van der Waals surface area contributed by atoms with E-state index < -0.39 is 17.8 Å². The van der Waals surface area contributed by atoms with Crippen molar-refractivity contribution >= 4 is 17.5 Å². The summed E-state index contributed by atoms with van der Waals surface area (Å²) in [5.74, 6) is -1.54. The van der Waals surface area contributed by atoms with E-state index in [1.807, 2.05) is 38.1 Å². The average molecular weight is 390 g/mol. The molecule has 3 aromatic rings. The van der Waals surface area contributed by atoms with E-state index in [1.165, 1.54) is 30.1 Å². The minimum Gasteiger partial charge on any atom is -0.325 e. The predicted molar refractivity (Wildman–Crippen MR) is 112 cm³/mol.